The number of esters is 2. The first-order chi connectivity index (χ1) is 15.1. The summed E-state index contributed by atoms with van der Waals surface area (Å²) in [6.07, 6.45) is 4.93. The Bertz CT molecular complexity index is 1110. The Kier molecular flexibility index (Phi) is 7.13. The maximum atomic E-state index is 12.7. The lowest BCUT2D eigenvalue weighted by Crippen LogP contribution is -2.52. The van der Waals surface area contributed by atoms with E-state index in [9.17, 15) is 45.1 Å². The molecule has 15 heteroatoms. The Balaban J connectivity index is 2.47. The van der Waals surface area contributed by atoms with Gasteiger partial charge in [0.05, 0.1) is 12.8 Å². The number of allylic oxidation sites excluding steroid dienone is 4. The van der Waals surface area contributed by atoms with Crippen LogP contribution in [-0.4, -0.2) is 69.5 Å². The molecule has 33 heavy (non-hydrogen) atoms. The summed E-state index contributed by atoms with van der Waals surface area (Å²) in [7, 11) is -10.5. The van der Waals surface area contributed by atoms with Crippen LogP contribution in [0, 0.1) is 11.8 Å². The summed E-state index contributed by atoms with van der Waals surface area (Å²) in [5.74, 6) is -10.8. The van der Waals surface area contributed by atoms with Gasteiger partial charge in [-0.3, -0.25) is 28.3 Å². The number of carboxylic acid groups (broad SMARTS) is 2. The third-order valence-electron chi connectivity index (χ3n) is 5.16. The number of carbonyl (C=O) groups excluding carboxylic acids is 2. The zero-order chi connectivity index (χ0) is 25.2. The average Bonchev–Trinajstić information content (AvgIpc) is 2.65. The van der Waals surface area contributed by atoms with Gasteiger partial charge in [0.1, 0.15) is 21.3 Å². The molecule has 0 radical (unpaired) electrons. The SMILES string of the molecule is O=C(O)CC1(S(=O)(=O)O)C=CC=CC1C(=O)OC(=O)C1C=CC=CC1(CC(=O)O)S(=O)(=O)O. The molecule has 0 aromatic heterocycles. The molecule has 4 atom stereocenters. The fraction of sp³-hybridized carbons (Fsp3) is 0.333. The van der Waals surface area contributed by atoms with Crippen LogP contribution in [0.4, 0.5) is 0 Å². The molecular weight excluding hydrogens is 488 g/mol. The van der Waals surface area contributed by atoms with Crippen molar-refractivity contribution in [2.45, 2.75) is 22.3 Å². The summed E-state index contributed by atoms with van der Waals surface area (Å²) in [4.78, 5) is 47.9. The summed E-state index contributed by atoms with van der Waals surface area (Å²) in [6, 6.07) is 0. The molecule has 13 nitrogen and oxygen atoms in total. The Labute approximate surface area is 187 Å². The van der Waals surface area contributed by atoms with E-state index in [0.29, 0.717) is 0 Å². The molecule has 0 fully saturated rings. The van der Waals surface area contributed by atoms with Gasteiger partial charge in [-0.2, -0.15) is 16.8 Å². The molecule has 4 N–H and O–H groups in total. The summed E-state index contributed by atoms with van der Waals surface area (Å²) >= 11 is 0. The highest BCUT2D eigenvalue weighted by molar-refractivity contribution is 7.87. The van der Waals surface area contributed by atoms with Gasteiger partial charge in [-0.1, -0.05) is 48.6 Å². The Morgan fingerprint density at radius 2 is 1.03 bits per heavy atom. The first-order valence-corrected chi connectivity index (χ1v) is 11.8. The molecular formula is C18H18O13S2. The zero-order valence-corrected chi connectivity index (χ0v) is 18.1. The van der Waals surface area contributed by atoms with Crippen molar-refractivity contribution >= 4 is 44.1 Å². The van der Waals surface area contributed by atoms with Gasteiger partial charge < -0.3 is 14.9 Å². The van der Waals surface area contributed by atoms with E-state index in [1.165, 1.54) is 0 Å². The third-order valence-corrected chi connectivity index (χ3v) is 8.15. The minimum Gasteiger partial charge on any atom is -0.481 e. The summed E-state index contributed by atoms with van der Waals surface area (Å²) in [6.45, 7) is 0. The third kappa shape index (κ3) is 4.95. The number of ether oxygens (including phenoxy) is 1. The average molecular weight is 506 g/mol. The van der Waals surface area contributed by atoms with Crippen molar-refractivity contribution in [3.05, 3.63) is 48.6 Å². The molecule has 0 saturated carbocycles. The fourth-order valence-electron chi connectivity index (χ4n) is 3.59. The lowest BCUT2D eigenvalue weighted by atomic mass is 9.83. The van der Waals surface area contributed by atoms with Crippen molar-refractivity contribution in [2.24, 2.45) is 11.8 Å². The molecule has 2 aliphatic carbocycles. The van der Waals surface area contributed by atoms with E-state index in [0.717, 1.165) is 48.6 Å². The molecule has 0 aliphatic heterocycles. The number of aliphatic carboxylic acids is 2. The van der Waals surface area contributed by atoms with Crippen LogP contribution in [-0.2, 0) is 44.2 Å². The van der Waals surface area contributed by atoms with Crippen molar-refractivity contribution < 1.29 is 60.1 Å². The van der Waals surface area contributed by atoms with E-state index in [-0.39, 0.29) is 0 Å². The highest BCUT2D eigenvalue weighted by Gasteiger charge is 2.56. The molecule has 4 unspecified atom stereocenters. The van der Waals surface area contributed by atoms with Gasteiger partial charge in [0.15, 0.2) is 0 Å². The first kappa shape index (κ1) is 26.1. The predicted molar refractivity (Wildman–Crippen MR) is 108 cm³/mol. The van der Waals surface area contributed by atoms with Gasteiger partial charge in [0.2, 0.25) is 0 Å². The van der Waals surface area contributed by atoms with Gasteiger partial charge in [-0.05, 0) is 0 Å². The van der Waals surface area contributed by atoms with Crippen molar-refractivity contribution in [3.8, 4) is 0 Å². The normalized spacial score (nSPS) is 28.9. The highest BCUT2D eigenvalue weighted by Crippen LogP contribution is 2.39. The summed E-state index contributed by atoms with van der Waals surface area (Å²) in [5, 5.41) is 18.2. The molecule has 0 saturated heterocycles. The van der Waals surface area contributed by atoms with Crippen LogP contribution in [0.1, 0.15) is 12.8 Å². The van der Waals surface area contributed by atoms with Crippen LogP contribution in [0.5, 0.6) is 0 Å². The van der Waals surface area contributed by atoms with Crippen LogP contribution >= 0.6 is 0 Å². The lowest BCUT2D eigenvalue weighted by molar-refractivity contribution is -0.164. The van der Waals surface area contributed by atoms with E-state index < -0.39 is 78.3 Å². The zero-order valence-electron chi connectivity index (χ0n) is 16.5. The monoisotopic (exact) mass is 506 g/mol. The minimum absolute atomic E-state index is 0.725. The van der Waals surface area contributed by atoms with Gasteiger partial charge >= 0.3 is 23.9 Å². The standard InChI is InChI=1S/C18H18O13S2/c19-13(20)9-17(32(25,26)27)7-3-1-5-11(17)15(23)31-16(24)12-6-2-4-8-18(12,10-14(21)22)33(28,29)30/h1-8,11-12H,9-10H2,(H,19,20)(H,21,22)(H,25,26,27)(H,28,29,30). The first-order valence-electron chi connectivity index (χ1n) is 8.92. The maximum absolute atomic E-state index is 12.7. The second-order valence-electron chi connectivity index (χ2n) is 7.18. The van der Waals surface area contributed by atoms with Crippen LogP contribution in [0.3, 0.4) is 0 Å². The molecule has 180 valence electrons. The second kappa shape index (κ2) is 9.01. The minimum atomic E-state index is -5.27. The number of carbonyl (C=O) groups is 4. The number of carboxylic acids is 2. The molecule has 0 aromatic carbocycles. The largest absolute Gasteiger partial charge is 0.481 e. The molecule has 2 rings (SSSR count). The lowest BCUT2D eigenvalue weighted by Gasteiger charge is -2.34. The van der Waals surface area contributed by atoms with Crippen LogP contribution in [0.25, 0.3) is 0 Å². The fourth-order valence-corrected chi connectivity index (χ4v) is 5.69. The Hall–Kier alpha value is -3.14. The molecule has 0 bridgehead atoms. The van der Waals surface area contributed by atoms with Gasteiger partial charge in [-0.25, -0.2) is 0 Å². The van der Waals surface area contributed by atoms with Crippen molar-refractivity contribution in [2.75, 3.05) is 0 Å². The van der Waals surface area contributed by atoms with Crippen molar-refractivity contribution in [1.29, 1.82) is 0 Å². The predicted octanol–water partition coefficient (Wildman–Crippen LogP) is -0.257. The van der Waals surface area contributed by atoms with Crippen molar-refractivity contribution in [1.82, 2.24) is 0 Å². The molecule has 0 heterocycles. The van der Waals surface area contributed by atoms with E-state index in [1.54, 1.807) is 0 Å². The molecule has 2 aliphatic rings. The van der Waals surface area contributed by atoms with Crippen LogP contribution < -0.4 is 0 Å². The Morgan fingerprint density at radius 1 is 0.697 bits per heavy atom. The number of hydrogen-bond donors (Lipinski definition) is 4. The summed E-state index contributed by atoms with van der Waals surface area (Å²) < 4.78 is 66.5. The van der Waals surface area contributed by atoms with Crippen molar-refractivity contribution in [3.63, 3.8) is 0 Å². The topological polar surface area (TPSA) is 227 Å². The van der Waals surface area contributed by atoms with Gasteiger partial charge in [-0.15, -0.1) is 0 Å². The van der Waals surface area contributed by atoms with E-state index in [2.05, 4.69) is 4.74 Å². The van der Waals surface area contributed by atoms with Crippen LogP contribution in [0.2, 0.25) is 0 Å². The van der Waals surface area contributed by atoms with Gasteiger partial charge in [0, 0.05) is 0 Å². The maximum Gasteiger partial charge on any atom is 0.322 e. The molecule has 0 spiro atoms. The number of hydrogen-bond acceptors (Lipinski definition) is 9. The quantitative estimate of drug-likeness (QED) is 0.189. The van der Waals surface area contributed by atoms with Crippen LogP contribution in [0.15, 0.2) is 48.6 Å². The highest BCUT2D eigenvalue weighted by atomic mass is 32.2. The molecule has 0 aromatic rings. The van der Waals surface area contributed by atoms with Gasteiger partial charge in [0.25, 0.3) is 20.2 Å². The Morgan fingerprint density at radius 3 is 1.30 bits per heavy atom. The van der Waals surface area contributed by atoms with E-state index >= 15 is 0 Å². The van der Waals surface area contributed by atoms with E-state index in [4.69, 9.17) is 10.2 Å². The second-order valence-corrected chi connectivity index (χ2v) is 10.6. The number of rotatable bonds is 8. The van der Waals surface area contributed by atoms with E-state index in [1.807, 2.05) is 0 Å². The smallest absolute Gasteiger partial charge is 0.322 e. The molecule has 0 amide bonds. The summed E-state index contributed by atoms with van der Waals surface area (Å²) in [5.41, 5.74) is 0.